The van der Waals surface area contributed by atoms with Gasteiger partial charge in [0.25, 0.3) is 5.91 Å². The predicted octanol–water partition coefficient (Wildman–Crippen LogP) is 3.62. The molecule has 1 aliphatic rings. The van der Waals surface area contributed by atoms with E-state index in [4.69, 9.17) is 23.2 Å². The van der Waals surface area contributed by atoms with E-state index in [0.29, 0.717) is 12.4 Å². The van der Waals surface area contributed by atoms with Crippen LogP contribution in [-0.2, 0) is 0 Å². The van der Waals surface area contributed by atoms with Crippen LogP contribution >= 0.6 is 23.2 Å². The number of halogens is 3. The van der Waals surface area contributed by atoms with Crippen LogP contribution in [0.25, 0.3) is 0 Å². The molecule has 1 fully saturated rings. The van der Waals surface area contributed by atoms with Crippen molar-refractivity contribution in [3.05, 3.63) is 34.6 Å². The molecule has 0 aromatic heterocycles. The van der Waals surface area contributed by atoms with Crippen molar-refractivity contribution in [1.29, 1.82) is 0 Å². The van der Waals surface area contributed by atoms with Gasteiger partial charge in [-0.05, 0) is 42.9 Å². The van der Waals surface area contributed by atoms with Crippen LogP contribution in [0, 0.1) is 11.2 Å². The highest BCUT2D eigenvalue weighted by atomic mass is 35.5. The Morgan fingerprint density at radius 1 is 1.44 bits per heavy atom. The van der Waals surface area contributed by atoms with Crippen LogP contribution in [-0.4, -0.2) is 18.3 Å². The molecular formula is C13H14Cl2FNO. The minimum absolute atomic E-state index is 0.0288. The first-order chi connectivity index (χ1) is 8.56. The van der Waals surface area contributed by atoms with E-state index in [1.807, 2.05) is 0 Å². The Kier molecular flexibility index (Phi) is 4.13. The Balaban J connectivity index is 1.96. The van der Waals surface area contributed by atoms with Crippen molar-refractivity contribution in [2.75, 3.05) is 12.4 Å². The number of hydrogen-bond acceptors (Lipinski definition) is 1. The summed E-state index contributed by atoms with van der Waals surface area (Å²) >= 11 is 11.3. The molecule has 1 saturated carbocycles. The lowest BCUT2D eigenvalue weighted by atomic mass is 10.0. The Morgan fingerprint density at radius 3 is 2.72 bits per heavy atom. The average Bonchev–Trinajstić information content (AvgIpc) is 3.07. The number of carbonyl (C=O) groups excluding carboxylic acids is 1. The van der Waals surface area contributed by atoms with Crippen molar-refractivity contribution < 1.29 is 9.18 Å². The predicted molar refractivity (Wildman–Crippen MR) is 70.7 cm³/mol. The maximum absolute atomic E-state index is 13.5. The molecule has 0 saturated heterocycles. The Bertz CT molecular complexity index is 460. The second kappa shape index (κ2) is 5.45. The fourth-order valence-electron chi connectivity index (χ4n) is 1.93. The van der Waals surface area contributed by atoms with Crippen LogP contribution in [0.15, 0.2) is 18.2 Å². The molecule has 0 unspecified atom stereocenters. The van der Waals surface area contributed by atoms with Gasteiger partial charge in [-0.1, -0.05) is 11.6 Å². The van der Waals surface area contributed by atoms with Crippen LogP contribution in [0.4, 0.5) is 4.39 Å². The van der Waals surface area contributed by atoms with E-state index < -0.39 is 11.7 Å². The smallest absolute Gasteiger partial charge is 0.254 e. The van der Waals surface area contributed by atoms with Crippen LogP contribution < -0.4 is 5.32 Å². The maximum Gasteiger partial charge on any atom is 0.254 e. The number of amides is 1. The van der Waals surface area contributed by atoms with Gasteiger partial charge in [-0.2, -0.15) is 0 Å². The molecule has 98 valence electrons. The summed E-state index contributed by atoms with van der Waals surface area (Å²) in [5.41, 5.74) is 0.168. The molecule has 1 aromatic carbocycles. The number of alkyl halides is 1. The van der Waals surface area contributed by atoms with E-state index in [9.17, 15) is 9.18 Å². The third-order valence-corrected chi connectivity index (χ3v) is 3.81. The van der Waals surface area contributed by atoms with Gasteiger partial charge in [0.2, 0.25) is 0 Å². The summed E-state index contributed by atoms with van der Waals surface area (Å²) in [5.74, 6) is -0.405. The van der Waals surface area contributed by atoms with Crippen molar-refractivity contribution in [1.82, 2.24) is 5.32 Å². The molecule has 0 radical (unpaired) electrons. The molecule has 1 aliphatic carbocycles. The zero-order valence-corrected chi connectivity index (χ0v) is 11.3. The van der Waals surface area contributed by atoms with Gasteiger partial charge in [-0.3, -0.25) is 4.79 Å². The molecule has 2 nitrogen and oxygen atoms in total. The Morgan fingerprint density at radius 2 is 2.17 bits per heavy atom. The molecule has 5 heteroatoms. The monoisotopic (exact) mass is 289 g/mol. The zero-order valence-electron chi connectivity index (χ0n) is 9.81. The van der Waals surface area contributed by atoms with Gasteiger partial charge in [0.15, 0.2) is 0 Å². The van der Waals surface area contributed by atoms with Gasteiger partial charge in [-0.15, -0.1) is 11.6 Å². The van der Waals surface area contributed by atoms with Crippen molar-refractivity contribution in [3.63, 3.8) is 0 Å². The van der Waals surface area contributed by atoms with E-state index in [1.165, 1.54) is 12.1 Å². The summed E-state index contributed by atoms with van der Waals surface area (Å²) in [6.45, 7) is 0.556. The second-order valence-corrected chi connectivity index (χ2v) is 5.56. The molecule has 0 heterocycles. The number of hydrogen-bond donors (Lipinski definition) is 1. The molecule has 18 heavy (non-hydrogen) atoms. The summed E-state index contributed by atoms with van der Waals surface area (Å²) < 4.78 is 13.5. The first kappa shape index (κ1) is 13.6. The van der Waals surface area contributed by atoms with Crippen molar-refractivity contribution >= 4 is 29.1 Å². The molecular weight excluding hydrogens is 276 g/mol. The van der Waals surface area contributed by atoms with E-state index in [-0.39, 0.29) is 16.0 Å². The van der Waals surface area contributed by atoms with Gasteiger partial charge in [0.1, 0.15) is 5.82 Å². The van der Waals surface area contributed by atoms with Crippen LogP contribution in [0.3, 0.4) is 0 Å². The van der Waals surface area contributed by atoms with Crippen LogP contribution in [0.2, 0.25) is 5.02 Å². The minimum Gasteiger partial charge on any atom is -0.351 e. The average molecular weight is 290 g/mol. The maximum atomic E-state index is 13.5. The molecule has 0 spiro atoms. The minimum atomic E-state index is -0.595. The van der Waals surface area contributed by atoms with Gasteiger partial charge in [0, 0.05) is 17.4 Å². The second-order valence-electron chi connectivity index (χ2n) is 4.75. The first-order valence-corrected chi connectivity index (χ1v) is 6.77. The summed E-state index contributed by atoms with van der Waals surface area (Å²) in [7, 11) is 0. The topological polar surface area (TPSA) is 29.1 Å². The highest BCUT2D eigenvalue weighted by Crippen LogP contribution is 2.48. The van der Waals surface area contributed by atoms with E-state index in [2.05, 4.69) is 5.32 Å². The van der Waals surface area contributed by atoms with Gasteiger partial charge in [0.05, 0.1) is 5.56 Å². The largest absolute Gasteiger partial charge is 0.351 e. The molecule has 0 aliphatic heterocycles. The summed E-state index contributed by atoms with van der Waals surface area (Å²) in [4.78, 5) is 11.8. The fourth-order valence-corrected chi connectivity index (χ4v) is 2.49. The van der Waals surface area contributed by atoms with Crippen LogP contribution in [0.1, 0.15) is 29.6 Å². The highest BCUT2D eigenvalue weighted by molar-refractivity contribution is 6.30. The molecule has 0 bridgehead atoms. The quantitative estimate of drug-likeness (QED) is 0.824. The summed E-state index contributed by atoms with van der Waals surface area (Å²) in [6, 6.07) is 4.04. The number of rotatable bonds is 5. The lowest BCUT2D eigenvalue weighted by Crippen LogP contribution is -2.31. The van der Waals surface area contributed by atoms with Gasteiger partial charge >= 0.3 is 0 Å². The fraction of sp³-hybridized carbons (Fsp3) is 0.462. The lowest BCUT2D eigenvalue weighted by Gasteiger charge is -2.14. The standard InChI is InChI=1S/C13H14Cl2FNO/c14-6-5-13(3-4-13)8-17-12(18)10-2-1-9(15)7-11(10)16/h1-2,7H,3-6,8H2,(H,17,18). The third-order valence-electron chi connectivity index (χ3n) is 3.38. The van der Waals surface area contributed by atoms with Crippen molar-refractivity contribution in [2.45, 2.75) is 19.3 Å². The molecule has 1 N–H and O–H groups in total. The van der Waals surface area contributed by atoms with E-state index in [1.54, 1.807) is 0 Å². The molecule has 1 amide bonds. The van der Waals surface area contributed by atoms with E-state index in [0.717, 1.165) is 25.3 Å². The normalized spacial score (nSPS) is 16.4. The number of benzene rings is 1. The molecule has 2 rings (SSSR count). The summed E-state index contributed by atoms with van der Waals surface area (Å²) in [5, 5.41) is 3.05. The lowest BCUT2D eigenvalue weighted by molar-refractivity contribution is 0.0940. The van der Waals surface area contributed by atoms with Crippen molar-refractivity contribution in [3.8, 4) is 0 Å². The first-order valence-electron chi connectivity index (χ1n) is 5.86. The SMILES string of the molecule is O=C(NCC1(CCCl)CC1)c1ccc(Cl)cc1F. The van der Waals surface area contributed by atoms with Gasteiger partial charge < -0.3 is 5.32 Å². The Hall–Kier alpha value is -0.800. The molecule has 1 aromatic rings. The van der Waals surface area contributed by atoms with Crippen molar-refractivity contribution in [2.24, 2.45) is 5.41 Å². The van der Waals surface area contributed by atoms with Crippen LogP contribution in [0.5, 0.6) is 0 Å². The highest BCUT2D eigenvalue weighted by Gasteiger charge is 2.41. The van der Waals surface area contributed by atoms with Gasteiger partial charge in [-0.25, -0.2) is 4.39 Å². The number of carbonyl (C=O) groups is 1. The summed E-state index contributed by atoms with van der Waals surface area (Å²) in [6.07, 6.45) is 3.03. The molecule has 0 atom stereocenters. The zero-order chi connectivity index (χ0) is 13.2. The third kappa shape index (κ3) is 3.15. The Labute approximate surface area is 115 Å². The number of nitrogens with one attached hydrogen (secondary N) is 1. The van der Waals surface area contributed by atoms with E-state index >= 15 is 0 Å².